The lowest BCUT2D eigenvalue weighted by atomic mass is 10.1. The number of nitrogens with two attached hydrogens (primary N) is 1. The Balaban J connectivity index is 2.01. The molecule has 1 aromatic carbocycles. The van der Waals surface area contributed by atoms with Crippen LogP contribution in [0, 0.1) is 5.92 Å². The van der Waals surface area contributed by atoms with Gasteiger partial charge in [-0.15, -0.1) is 0 Å². The summed E-state index contributed by atoms with van der Waals surface area (Å²) in [6, 6.07) is 5.06. The first-order valence-electron chi connectivity index (χ1n) is 6.18. The first kappa shape index (κ1) is 14.9. The van der Waals surface area contributed by atoms with Gasteiger partial charge >= 0.3 is 0 Å². The van der Waals surface area contributed by atoms with Gasteiger partial charge in [0, 0.05) is 29.2 Å². The Labute approximate surface area is 127 Å². The highest BCUT2D eigenvalue weighted by Crippen LogP contribution is 2.20. The summed E-state index contributed by atoms with van der Waals surface area (Å²) in [6.07, 6.45) is 3.72. The first-order chi connectivity index (χ1) is 9.45. The Kier molecular flexibility index (Phi) is 4.68. The number of halogens is 2. The van der Waals surface area contributed by atoms with Gasteiger partial charge in [-0.25, -0.2) is 0 Å². The monoisotopic (exact) mass is 312 g/mol. The van der Waals surface area contributed by atoms with Gasteiger partial charge in [0.15, 0.2) is 0 Å². The fourth-order valence-corrected chi connectivity index (χ4v) is 2.68. The third kappa shape index (κ3) is 3.74. The smallest absolute Gasteiger partial charge is 0.246 e. The van der Waals surface area contributed by atoms with Gasteiger partial charge in [-0.2, -0.15) is 0 Å². The third-order valence-corrected chi connectivity index (χ3v) is 3.64. The van der Waals surface area contributed by atoms with E-state index in [9.17, 15) is 9.59 Å². The largest absolute Gasteiger partial charge is 0.369 e. The van der Waals surface area contributed by atoms with Crippen LogP contribution in [0.3, 0.4) is 0 Å². The molecule has 1 aliphatic heterocycles. The highest BCUT2D eigenvalue weighted by molar-refractivity contribution is 6.34. The summed E-state index contributed by atoms with van der Waals surface area (Å²) < 4.78 is 0. The number of hydrogen-bond acceptors (Lipinski definition) is 2. The molecule has 0 aromatic heterocycles. The summed E-state index contributed by atoms with van der Waals surface area (Å²) in [5.74, 6) is -0.747. The molecular weight excluding hydrogens is 299 g/mol. The molecule has 1 heterocycles. The minimum absolute atomic E-state index is 0.148. The molecule has 106 valence electrons. The Hall–Kier alpha value is -1.52. The van der Waals surface area contributed by atoms with Gasteiger partial charge in [-0.1, -0.05) is 23.2 Å². The zero-order valence-corrected chi connectivity index (χ0v) is 12.2. The molecule has 0 bridgehead atoms. The number of nitrogens with zero attached hydrogens (tertiary/aromatic N) is 1. The van der Waals surface area contributed by atoms with Crippen LogP contribution in [0.5, 0.6) is 0 Å². The molecule has 6 heteroatoms. The van der Waals surface area contributed by atoms with Gasteiger partial charge in [0.25, 0.3) is 0 Å². The zero-order valence-electron chi connectivity index (χ0n) is 10.7. The minimum Gasteiger partial charge on any atom is -0.369 e. The van der Waals surface area contributed by atoms with Gasteiger partial charge in [-0.05, 0) is 36.3 Å². The molecule has 20 heavy (non-hydrogen) atoms. The van der Waals surface area contributed by atoms with Crippen molar-refractivity contribution in [3.8, 4) is 0 Å². The molecule has 1 unspecified atom stereocenters. The van der Waals surface area contributed by atoms with E-state index in [0.717, 1.165) is 5.56 Å². The number of benzene rings is 1. The molecule has 1 atom stereocenters. The van der Waals surface area contributed by atoms with Crippen molar-refractivity contribution in [3.63, 3.8) is 0 Å². The number of hydrogen-bond donors (Lipinski definition) is 1. The summed E-state index contributed by atoms with van der Waals surface area (Å²) in [6.45, 7) is 0.932. The van der Waals surface area contributed by atoms with Crippen molar-refractivity contribution >= 4 is 41.1 Å². The van der Waals surface area contributed by atoms with Crippen LogP contribution < -0.4 is 5.73 Å². The second kappa shape index (κ2) is 6.29. The third-order valence-electron chi connectivity index (χ3n) is 3.21. The van der Waals surface area contributed by atoms with Crippen LogP contribution in [0.2, 0.25) is 10.0 Å². The number of likely N-dealkylation sites (tertiary alicyclic amines) is 1. The van der Waals surface area contributed by atoms with E-state index in [1.807, 2.05) is 0 Å². The minimum atomic E-state index is -0.356. The average Bonchev–Trinajstić information content (AvgIpc) is 2.84. The Morgan fingerprint density at radius 2 is 1.90 bits per heavy atom. The van der Waals surface area contributed by atoms with Gasteiger partial charge < -0.3 is 10.6 Å². The number of carbonyl (C=O) groups is 2. The fourth-order valence-electron chi connectivity index (χ4n) is 2.14. The summed E-state index contributed by atoms with van der Waals surface area (Å²) in [7, 11) is 0. The van der Waals surface area contributed by atoms with Crippen LogP contribution in [0.1, 0.15) is 12.0 Å². The lowest BCUT2D eigenvalue weighted by molar-refractivity contribution is -0.125. The highest BCUT2D eigenvalue weighted by Gasteiger charge is 2.28. The van der Waals surface area contributed by atoms with E-state index in [1.165, 1.54) is 6.08 Å². The van der Waals surface area contributed by atoms with Crippen LogP contribution >= 0.6 is 23.2 Å². The average molecular weight is 313 g/mol. The van der Waals surface area contributed by atoms with Crippen LogP contribution in [-0.2, 0) is 9.59 Å². The van der Waals surface area contributed by atoms with E-state index < -0.39 is 0 Å². The summed E-state index contributed by atoms with van der Waals surface area (Å²) in [4.78, 5) is 24.6. The van der Waals surface area contributed by atoms with E-state index in [4.69, 9.17) is 28.9 Å². The quantitative estimate of drug-likeness (QED) is 0.871. The lowest BCUT2D eigenvalue weighted by Crippen LogP contribution is -2.30. The van der Waals surface area contributed by atoms with Gasteiger partial charge in [0.2, 0.25) is 11.8 Å². The van der Waals surface area contributed by atoms with Crippen molar-refractivity contribution in [3.05, 3.63) is 39.9 Å². The molecule has 0 spiro atoms. The predicted molar refractivity (Wildman–Crippen MR) is 79.4 cm³/mol. The van der Waals surface area contributed by atoms with E-state index in [1.54, 1.807) is 29.2 Å². The number of amides is 2. The molecule has 4 nitrogen and oxygen atoms in total. The molecule has 2 rings (SSSR count). The topological polar surface area (TPSA) is 63.4 Å². The molecule has 1 aliphatic rings. The number of rotatable bonds is 3. The zero-order chi connectivity index (χ0) is 14.7. The molecule has 0 radical (unpaired) electrons. The normalized spacial score (nSPS) is 18.7. The molecule has 1 fully saturated rings. The lowest BCUT2D eigenvalue weighted by Gasteiger charge is -2.13. The number of carbonyl (C=O) groups excluding carboxylic acids is 2. The summed E-state index contributed by atoms with van der Waals surface area (Å²) in [5, 5.41) is 1.03. The number of primary amides is 1. The fraction of sp³-hybridized carbons (Fsp3) is 0.286. The molecule has 1 saturated heterocycles. The SMILES string of the molecule is NC(=O)C1CCN(C(=O)C=Cc2cc(Cl)cc(Cl)c2)C1. The molecule has 0 saturated carbocycles. The summed E-state index contributed by atoms with van der Waals surface area (Å²) >= 11 is 11.8. The molecular formula is C14H14Cl2N2O2. The van der Waals surface area contributed by atoms with Crippen LogP contribution in [0.15, 0.2) is 24.3 Å². The second-order valence-corrected chi connectivity index (χ2v) is 5.58. The Morgan fingerprint density at radius 1 is 1.25 bits per heavy atom. The first-order valence-corrected chi connectivity index (χ1v) is 6.93. The maximum absolute atomic E-state index is 12.0. The predicted octanol–water partition coefficient (Wildman–Crippen LogP) is 2.34. The highest BCUT2D eigenvalue weighted by atomic mass is 35.5. The van der Waals surface area contributed by atoms with Gasteiger partial charge in [-0.3, -0.25) is 9.59 Å². The van der Waals surface area contributed by atoms with Crippen molar-refractivity contribution < 1.29 is 9.59 Å². The second-order valence-electron chi connectivity index (χ2n) is 4.71. The van der Waals surface area contributed by atoms with Crippen molar-refractivity contribution in [1.82, 2.24) is 4.90 Å². The van der Waals surface area contributed by atoms with Crippen molar-refractivity contribution in [2.24, 2.45) is 11.7 Å². The molecule has 0 aliphatic carbocycles. The molecule has 2 amide bonds. The van der Waals surface area contributed by atoms with Crippen molar-refractivity contribution in [2.45, 2.75) is 6.42 Å². The van der Waals surface area contributed by atoms with Crippen LogP contribution in [0.4, 0.5) is 0 Å². The Morgan fingerprint density at radius 3 is 2.45 bits per heavy atom. The Bertz CT molecular complexity index is 552. The van der Waals surface area contributed by atoms with E-state index in [2.05, 4.69) is 0 Å². The van der Waals surface area contributed by atoms with Gasteiger partial charge in [0.1, 0.15) is 0 Å². The van der Waals surface area contributed by atoms with Crippen molar-refractivity contribution in [1.29, 1.82) is 0 Å². The van der Waals surface area contributed by atoms with Crippen molar-refractivity contribution in [2.75, 3.05) is 13.1 Å². The van der Waals surface area contributed by atoms with E-state index in [-0.39, 0.29) is 17.7 Å². The molecule has 2 N–H and O–H groups in total. The maximum atomic E-state index is 12.0. The van der Waals surface area contributed by atoms with E-state index >= 15 is 0 Å². The van der Waals surface area contributed by atoms with Gasteiger partial charge in [0.05, 0.1) is 5.92 Å². The summed E-state index contributed by atoms with van der Waals surface area (Å²) in [5.41, 5.74) is 5.99. The van der Waals surface area contributed by atoms with E-state index in [0.29, 0.717) is 29.6 Å². The van der Waals surface area contributed by atoms with Crippen LogP contribution in [-0.4, -0.2) is 29.8 Å². The maximum Gasteiger partial charge on any atom is 0.246 e. The van der Waals surface area contributed by atoms with Crippen LogP contribution in [0.25, 0.3) is 6.08 Å². The molecule has 1 aromatic rings. The standard InChI is InChI=1S/C14H14Cl2N2O2/c15-11-5-9(6-12(16)7-11)1-2-13(19)18-4-3-10(8-18)14(17)20/h1-2,5-7,10H,3-4,8H2,(H2,17,20).